The monoisotopic (exact) mass is 314 g/mol. The van der Waals surface area contributed by atoms with Crippen molar-refractivity contribution in [3.05, 3.63) is 4.88 Å². The molecule has 0 saturated carbocycles. The van der Waals surface area contributed by atoms with E-state index in [2.05, 4.69) is 11.9 Å². The van der Waals surface area contributed by atoms with E-state index in [1.807, 2.05) is 25.8 Å². The molecular weight excluding hydrogens is 288 g/mol. The van der Waals surface area contributed by atoms with Crippen molar-refractivity contribution in [2.75, 3.05) is 37.4 Å². The molecule has 0 radical (unpaired) electrons. The summed E-state index contributed by atoms with van der Waals surface area (Å²) in [5, 5.41) is 9.73. The van der Waals surface area contributed by atoms with E-state index in [1.54, 1.807) is 4.90 Å². The zero-order chi connectivity index (χ0) is 16.0. The van der Waals surface area contributed by atoms with Crippen LogP contribution in [0.4, 0.5) is 10.9 Å². The Morgan fingerprint density at radius 3 is 2.62 bits per heavy atom. The van der Waals surface area contributed by atoms with Crippen LogP contribution in [0.3, 0.4) is 0 Å². The van der Waals surface area contributed by atoms with Gasteiger partial charge in [0.25, 0.3) is 5.91 Å². The number of amides is 1. The molecular formula is C14H26N4O2S. The van der Waals surface area contributed by atoms with Crippen LogP contribution in [0.15, 0.2) is 0 Å². The molecule has 6 nitrogen and oxygen atoms in total. The maximum atomic E-state index is 12.6. The van der Waals surface area contributed by atoms with E-state index in [0.29, 0.717) is 17.8 Å². The summed E-state index contributed by atoms with van der Waals surface area (Å²) in [4.78, 5) is 21.1. The fourth-order valence-electron chi connectivity index (χ4n) is 2.03. The molecule has 1 aromatic rings. The minimum Gasteiger partial charge on any atom is -0.396 e. The van der Waals surface area contributed by atoms with Crippen molar-refractivity contribution in [3.8, 4) is 0 Å². The van der Waals surface area contributed by atoms with Crippen LogP contribution in [-0.4, -0.2) is 53.7 Å². The van der Waals surface area contributed by atoms with Gasteiger partial charge in [0.05, 0.1) is 0 Å². The number of nitrogens with zero attached hydrogens (tertiary/aromatic N) is 3. The topological polar surface area (TPSA) is 82.7 Å². The van der Waals surface area contributed by atoms with Gasteiger partial charge in [0.2, 0.25) is 0 Å². The summed E-state index contributed by atoms with van der Waals surface area (Å²) in [5.74, 6) is 0.183. The molecule has 120 valence electrons. The molecule has 1 rings (SSSR count). The van der Waals surface area contributed by atoms with Crippen molar-refractivity contribution in [1.29, 1.82) is 0 Å². The molecule has 1 heterocycles. The summed E-state index contributed by atoms with van der Waals surface area (Å²) >= 11 is 1.33. The number of nitrogen functional groups attached to an aromatic ring is 1. The van der Waals surface area contributed by atoms with Gasteiger partial charge in [-0.2, -0.15) is 0 Å². The molecule has 3 N–H and O–H groups in total. The van der Waals surface area contributed by atoms with Crippen LogP contribution in [0.25, 0.3) is 0 Å². The lowest BCUT2D eigenvalue weighted by molar-refractivity contribution is 0.0699. The number of hydrogen-bond acceptors (Lipinski definition) is 6. The second kappa shape index (κ2) is 8.19. The summed E-state index contributed by atoms with van der Waals surface area (Å²) in [6, 6.07) is 0.0578. The highest BCUT2D eigenvalue weighted by molar-refractivity contribution is 7.18. The third kappa shape index (κ3) is 4.57. The molecule has 0 aliphatic rings. The number of rotatable bonds is 8. The van der Waals surface area contributed by atoms with E-state index in [4.69, 9.17) is 10.8 Å². The molecule has 1 aromatic heterocycles. The van der Waals surface area contributed by atoms with Crippen molar-refractivity contribution >= 4 is 28.2 Å². The van der Waals surface area contributed by atoms with E-state index < -0.39 is 0 Å². The van der Waals surface area contributed by atoms with Crippen LogP contribution in [0.5, 0.6) is 0 Å². The Kier molecular flexibility index (Phi) is 6.91. The summed E-state index contributed by atoms with van der Waals surface area (Å²) < 4.78 is 0. The Bertz CT molecular complexity index is 462. The second-order valence-corrected chi connectivity index (χ2v) is 6.28. The van der Waals surface area contributed by atoms with E-state index in [-0.39, 0.29) is 24.4 Å². The first-order chi connectivity index (χ1) is 9.92. The van der Waals surface area contributed by atoms with Crippen LogP contribution < -0.4 is 10.6 Å². The molecule has 0 bridgehead atoms. The molecule has 0 saturated heterocycles. The van der Waals surface area contributed by atoms with Gasteiger partial charge in [0.1, 0.15) is 10.7 Å². The Balaban J connectivity index is 2.94. The van der Waals surface area contributed by atoms with Gasteiger partial charge < -0.3 is 20.6 Å². The van der Waals surface area contributed by atoms with Crippen molar-refractivity contribution in [2.24, 2.45) is 0 Å². The summed E-state index contributed by atoms with van der Waals surface area (Å²) in [7, 11) is 1.95. The molecule has 0 unspecified atom stereocenters. The van der Waals surface area contributed by atoms with E-state index >= 15 is 0 Å². The predicted octanol–water partition coefficient (Wildman–Crippen LogP) is 1.80. The van der Waals surface area contributed by atoms with Gasteiger partial charge in [0, 0.05) is 32.8 Å². The molecule has 0 aliphatic heterocycles. The Morgan fingerprint density at radius 1 is 1.43 bits per heavy atom. The molecule has 0 aromatic carbocycles. The zero-order valence-corrected chi connectivity index (χ0v) is 14.1. The maximum absolute atomic E-state index is 12.6. The molecule has 21 heavy (non-hydrogen) atoms. The van der Waals surface area contributed by atoms with Gasteiger partial charge in [-0.25, -0.2) is 4.98 Å². The number of nitrogens with two attached hydrogens (primary N) is 1. The Labute approximate surface area is 130 Å². The number of thiazole rings is 1. The summed E-state index contributed by atoms with van der Waals surface area (Å²) in [6.45, 7) is 7.46. The van der Waals surface area contributed by atoms with E-state index in [9.17, 15) is 4.79 Å². The lowest BCUT2D eigenvalue weighted by atomic mass is 10.2. The van der Waals surface area contributed by atoms with Gasteiger partial charge in [-0.05, 0) is 26.7 Å². The van der Waals surface area contributed by atoms with Crippen LogP contribution in [0.2, 0.25) is 0 Å². The van der Waals surface area contributed by atoms with E-state index in [1.165, 1.54) is 11.3 Å². The van der Waals surface area contributed by atoms with E-state index in [0.717, 1.165) is 18.1 Å². The smallest absolute Gasteiger partial charge is 0.268 e. The Hall–Kier alpha value is -1.34. The molecule has 1 amide bonds. The minimum absolute atomic E-state index is 0.0578. The number of carbonyl (C=O) groups excluding carboxylic acids is 1. The first-order valence-corrected chi connectivity index (χ1v) is 8.13. The third-order valence-corrected chi connectivity index (χ3v) is 4.34. The predicted molar refractivity (Wildman–Crippen MR) is 88.0 cm³/mol. The third-order valence-electron chi connectivity index (χ3n) is 3.16. The van der Waals surface area contributed by atoms with Gasteiger partial charge in [-0.1, -0.05) is 18.3 Å². The van der Waals surface area contributed by atoms with Crippen LogP contribution in [-0.2, 0) is 0 Å². The highest BCUT2D eigenvalue weighted by atomic mass is 32.1. The minimum atomic E-state index is -0.107. The number of aliphatic hydroxyl groups excluding tert-OH is 1. The molecule has 7 heteroatoms. The van der Waals surface area contributed by atoms with Crippen molar-refractivity contribution in [2.45, 2.75) is 39.7 Å². The first-order valence-electron chi connectivity index (χ1n) is 7.31. The number of aromatic nitrogens is 1. The van der Waals surface area contributed by atoms with Gasteiger partial charge in [0.15, 0.2) is 5.13 Å². The number of aliphatic hydroxyl groups is 1. The highest BCUT2D eigenvalue weighted by Gasteiger charge is 2.24. The zero-order valence-electron chi connectivity index (χ0n) is 13.3. The lowest BCUT2D eigenvalue weighted by Crippen LogP contribution is -2.38. The van der Waals surface area contributed by atoms with Crippen molar-refractivity contribution in [3.63, 3.8) is 0 Å². The number of carbonyl (C=O) groups is 1. The summed E-state index contributed by atoms with van der Waals surface area (Å²) in [6.07, 6.45) is 1.57. The van der Waals surface area contributed by atoms with Gasteiger partial charge >= 0.3 is 0 Å². The number of anilines is 2. The normalized spacial score (nSPS) is 11.0. The fourth-order valence-corrected chi connectivity index (χ4v) is 2.96. The summed E-state index contributed by atoms with van der Waals surface area (Å²) in [5.41, 5.74) is 5.92. The molecule has 0 atom stereocenters. The maximum Gasteiger partial charge on any atom is 0.268 e. The van der Waals surface area contributed by atoms with Gasteiger partial charge in [-0.3, -0.25) is 4.79 Å². The first kappa shape index (κ1) is 17.7. The molecule has 0 aliphatic carbocycles. The second-order valence-electron chi connectivity index (χ2n) is 5.30. The number of hydrogen-bond donors (Lipinski definition) is 2. The molecule has 0 spiro atoms. The largest absolute Gasteiger partial charge is 0.396 e. The SMILES string of the molecule is CCCN(C)c1nc(N)c(C(=O)N(CCCO)C(C)C)s1. The molecule has 0 fully saturated rings. The van der Waals surface area contributed by atoms with Crippen molar-refractivity contribution in [1.82, 2.24) is 9.88 Å². The lowest BCUT2D eigenvalue weighted by Gasteiger charge is -2.26. The average Bonchev–Trinajstić information content (AvgIpc) is 2.81. The standard InChI is InChI=1S/C14H26N4O2S/c1-5-7-17(4)14-16-12(15)11(21-14)13(20)18(10(2)3)8-6-9-19/h10,19H,5-9,15H2,1-4H3. The van der Waals surface area contributed by atoms with Crippen LogP contribution in [0.1, 0.15) is 43.3 Å². The van der Waals surface area contributed by atoms with Crippen LogP contribution >= 0.6 is 11.3 Å². The average molecular weight is 314 g/mol. The Morgan fingerprint density at radius 2 is 2.10 bits per heavy atom. The van der Waals surface area contributed by atoms with Gasteiger partial charge in [-0.15, -0.1) is 0 Å². The highest BCUT2D eigenvalue weighted by Crippen LogP contribution is 2.29. The fraction of sp³-hybridized carbons (Fsp3) is 0.714. The van der Waals surface area contributed by atoms with Crippen LogP contribution in [0, 0.1) is 0 Å². The van der Waals surface area contributed by atoms with Crippen molar-refractivity contribution < 1.29 is 9.90 Å². The quantitative estimate of drug-likeness (QED) is 0.764.